The summed E-state index contributed by atoms with van der Waals surface area (Å²) in [6.45, 7) is 0.982. The smallest absolute Gasteiger partial charge is 0.253 e. The molecule has 2 aromatic heterocycles. The third-order valence-electron chi connectivity index (χ3n) is 4.11. The zero-order chi connectivity index (χ0) is 17.9. The van der Waals surface area contributed by atoms with Crippen molar-refractivity contribution in [3.05, 3.63) is 71.8 Å². The van der Waals surface area contributed by atoms with Crippen molar-refractivity contribution in [3.63, 3.8) is 0 Å². The highest BCUT2D eigenvalue weighted by atomic mass is 16.2. The van der Waals surface area contributed by atoms with Crippen LogP contribution < -0.4 is 0 Å². The van der Waals surface area contributed by atoms with Gasteiger partial charge in [0.05, 0.1) is 24.1 Å². The molecule has 8 heteroatoms. The van der Waals surface area contributed by atoms with Crippen molar-refractivity contribution in [2.75, 3.05) is 7.05 Å². The highest BCUT2D eigenvalue weighted by Gasteiger charge is 2.14. The number of tetrazole rings is 1. The fourth-order valence-electron chi connectivity index (χ4n) is 2.79. The number of fused-ring (bicyclic) bond motifs is 1. The summed E-state index contributed by atoms with van der Waals surface area (Å²) in [5.74, 6) is 0.705. The summed E-state index contributed by atoms with van der Waals surface area (Å²) in [6.07, 6.45) is 1.56. The monoisotopic (exact) mass is 347 g/mol. The Kier molecular flexibility index (Phi) is 4.14. The second-order valence-corrected chi connectivity index (χ2v) is 6.07. The summed E-state index contributed by atoms with van der Waals surface area (Å²) in [4.78, 5) is 22.0. The molecule has 2 heterocycles. The van der Waals surface area contributed by atoms with Crippen LogP contribution in [0.25, 0.3) is 11.0 Å². The van der Waals surface area contributed by atoms with E-state index in [1.54, 1.807) is 23.0 Å². The van der Waals surface area contributed by atoms with Crippen LogP contribution in [0.5, 0.6) is 0 Å². The first-order valence-corrected chi connectivity index (χ1v) is 8.18. The summed E-state index contributed by atoms with van der Waals surface area (Å²) in [5, 5.41) is 11.0. The summed E-state index contributed by atoms with van der Waals surface area (Å²) >= 11 is 0. The van der Waals surface area contributed by atoms with E-state index >= 15 is 0 Å². The highest BCUT2D eigenvalue weighted by molar-refractivity contribution is 5.94. The van der Waals surface area contributed by atoms with Gasteiger partial charge in [0.15, 0.2) is 0 Å². The fraction of sp³-hybridized carbons (Fsp3) is 0.167. The van der Waals surface area contributed by atoms with Crippen LogP contribution in [0.1, 0.15) is 21.7 Å². The van der Waals surface area contributed by atoms with Gasteiger partial charge < -0.3 is 9.88 Å². The van der Waals surface area contributed by atoms with Gasteiger partial charge in [0, 0.05) is 12.6 Å². The molecule has 4 rings (SSSR count). The second kappa shape index (κ2) is 6.75. The van der Waals surface area contributed by atoms with Crippen LogP contribution in [0.2, 0.25) is 0 Å². The number of H-pyrrole nitrogens is 1. The number of para-hydroxylation sites is 2. The van der Waals surface area contributed by atoms with Crippen molar-refractivity contribution < 1.29 is 4.79 Å². The predicted molar refractivity (Wildman–Crippen MR) is 95.3 cm³/mol. The third kappa shape index (κ3) is 3.30. The number of hydrogen-bond acceptors (Lipinski definition) is 5. The van der Waals surface area contributed by atoms with Crippen LogP contribution in [0, 0.1) is 0 Å². The van der Waals surface area contributed by atoms with Gasteiger partial charge in [-0.2, -0.15) is 0 Å². The van der Waals surface area contributed by atoms with Crippen LogP contribution in [0.4, 0.5) is 0 Å². The summed E-state index contributed by atoms with van der Waals surface area (Å²) in [6, 6.07) is 15.3. The Hall–Kier alpha value is -3.55. The van der Waals surface area contributed by atoms with Crippen molar-refractivity contribution in [2.45, 2.75) is 13.1 Å². The van der Waals surface area contributed by atoms with Crippen LogP contribution in [0.3, 0.4) is 0 Å². The Morgan fingerprint density at radius 3 is 2.69 bits per heavy atom. The first-order chi connectivity index (χ1) is 12.7. The number of benzene rings is 2. The molecule has 0 aliphatic carbocycles. The minimum atomic E-state index is -0.0561. The average molecular weight is 347 g/mol. The zero-order valence-corrected chi connectivity index (χ0v) is 14.2. The lowest BCUT2D eigenvalue weighted by molar-refractivity contribution is 0.0782. The van der Waals surface area contributed by atoms with Crippen molar-refractivity contribution in [1.29, 1.82) is 0 Å². The summed E-state index contributed by atoms with van der Waals surface area (Å²) < 4.78 is 1.63. The molecule has 0 atom stereocenters. The summed E-state index contributed by atoms with van der Waals surface area (Å²) in [7, 11) is 1.77. The van der Waals surface area contributed by atoms with E-state index in [1.165, 1.54) is 0 Å². The SMILES string of the molecule is CN(Cc1nc2ccccc2[nH]1)C(=O)c1ccc(Cn2cnnn2)cc1. The normalized spacial score (nSPS) is 11.0. The molecule has 0 radical (unpaired) electrons. The minimum absolute atomic E-state index is 0.0561. The van der Waals surface area contributed by atoms with E-state index in [1.807, 2.05) is 48.5 Å². The number of hydrogen-bond donors (Lipinski definition) is 1. The van der Waals surface area contributed by atoms with E-state index in [9.17, 15) is 4.79 Å². The Morgan fingerprint density at radius 2 is 1.96 bits per heavy atom. The molecule has 0 spiro atoms. The van der Waals surface area contributed by atoms with Gasteiger partial charge in [-0.3, -0.25) is 4.79 Å². The average Bonchev–Trinajstić information content (AvgIpc) is 3.30. The number of carbonyl (C=O) groups excluding carboxylic acids is 1. The molecule has 0 bridgehead atoms. The van der Waals surface area contributed by atoms with Gasteiger partial charge in [-0.15, -0.1) is 5.10 Å². The van der Waals surface area contributed by atoms with Gasteiger partial charge in [0.2, 0.25) is 0 Å². The second-order valence-electron chi connectivity index (χ2n) is 6.07. The number of nitrogens with zero attached hydrogens (tertiary/aromatic N) is 6. The molecular formula is C18H17N7O. The number of imidazole rings is 1. The summed E-state index contributed by atoms with van der Waals surface area (Å²) in [5.41, 5.74) is 3.52. The van der Waals surface area contributed by atoms with Crippen LogP contribution >= 0.6 is 0 Å². The van der Waals surface area contributed by atoms with E-state index in [2.05, 4.69) is 25.5 Å². The van der Waals surface area contributed by atoms with Crippen LogP contribution in [-0.4, -0.2) is 48.0 Å². The number of aromatic nitrogens is 6. The molecule has 0 unspecified atom stereocenters. The predicted octanol–water partition coefficient (Wildman–Crippen LogP) is 1.87. The molecular weight excluding hydrogens is 330 g/mol. The van der Waals surface area contributed by atoms with Gasteiger partial charge in [0.1, 0.15) is 12.2 Å². The van der Waals surface area contributed by atoms with Gasteiger partial charge in [-0.1, -0.05) is 24.3 Å². The Labute approximate surface area is 149 Å². The van der Waals surface area contributed by atoms with Crippen molar-refractivity contribution >= 4 is 16.9 Å². The molecule has 1 N–H and O–H groups in total. The topological polar surface area (TPSA) is 92.6 Å². The maximum Gasteiger partial charge on any atom is 0.253 e. The van der Waals surface area contributed by atoms with E-state index in [4.69, 9.17) is 0 Å². The molecule has 0 saturated carbocycles. The van der Waals surface area contributed by atoms with Gasteiger partial charge in [-0.05, 0) is 40.3 Å². The van der Waals surface area contributed by atoms with E-state index in [0.29, 0.717) is 18.7 Å². The third-order valence-corrected chi connectivity index (χ3v) is 4.11. The Morgan fingerprint density at radius 1 is 1.15 bits per heavy atom. The fourth-order valence-corrected chi connectivity index (χ4v) is 2.79. The molecule has 0 saturated heterocycles. The van der Waals surface area contributed by atoms with Crippen molar-refractivity contribution in [3.8, 4) is 0 Å². The molecule has 26 heavy (non-hydrogen) atoms. The minimum Gasteiger partial charge on any atom is -0.340 e. The lowest BCUT2D eigenvalue weighted by atomic mass is 10.1. The standard InChI is InChI=1S/C18H17N7O/c1-24(11-17-20-15-4-2-3-5-16(15)21-17)18(26)14-8-6-13(7-9-14)10-25-12-19-22-23-25/h2-9,12H,10-11H2,1H3,(H,20,21). The molecule has 0 aliphatic heterocycles. The molecule has 4 aromatic rings. The van der Waals surface area contributed by atoms with Crippen LogP contribution in [-0.2, 0) is 13.1 Å². The number of amides is 1. The highest BCUT2D eigenvalue weighted by Crippen LogP contribution is 2.13. The van der Waals surface area contributed by atoms with Crippen LogP contribution in [0.15, 0.2) is 54.9 Å². The molecule has 0 aliphatic rings. The number of carbonyl (C=O) groups is 1. The van der Waals surface area contributed by atoms with Crippen molar-refractivity contribution in [2.24, 2.45) is 0 Å². The molecule has 130 valence electrons. The molecule has 0 fully saturated rings. The van der Waals surface area contributed by atoms with Gasteiger partial charge in [-0.25, -0.2) is 9.67 Å². The largest absolute Gasteiger partial charge is 0.340 e. The van der Waals surface area contributed by atoms with Gasteiger partial charge in [0.25, 0.3) is 5.91 Å². The van der Waals surface area contributed by atoms with Gasteiger partial charge >= 0.3 is 0 Å². The quantitative estimate of drug-likeness (QED) is 0.595. The first kappa shape index (κ1) is 15.9. The maximum absolute atomic E-state index is 12.6. The number of rotatable bonds is 5. The van der Waals surface area contributed by atoms with E-state index in [-0.39, 0.29) is 5.91 Å². The Balaban J connectivity index is 1.44. The van der Waals surface area contributed by atoms with Crippen molar-refractivity contribution in [1.82, 2.24) is 35.1 Å². The first-order valence-electron chi connectivity index (χ1n) is 8.18. The lowest BCUT2D eigenvalue weighted by Gasteiger charge is -2.16. The molecule has 2 aromatic carbocycles. The molecule has 1 amide bonds. The number of nitrogens with one attached hydrogen (secondary N) is 1. The lowest BCUT2D eigenvalue weighted by Crippen LogP contribution is -2.26. The maximum atomic E-state index is 12.6. The zero-order valence-electron chi connectivity index (χ0n) is 14.2. The number of aromatic amines is 1. The molecule has 8 nitrogen and oxygen atoms in total. The van der Waals surface area contributed by atoms with E-state index in [0.717, 1.165) is 22.4 Å². The Bertz CT molecular complexity index is 988. The van der Waals surface area contributed by atoms with E-state index < -0.39 is 0 Å².